The molecule has 0 spiro atoms. The third kappa shape index (κ3) is 10.3. The number of carboxylic acid groups (broad SMARTS) is 1. The van der Waals surface area contributed by atoms with E-state index in [0.717, 1.165) is 19.3 Å². The van der Waals surface area contributed by atoms with E-state index in [4.69, 9.17) is 5.41 Å². The van der Waals surface area contributed by atoms with Crippen LogP contribution < -0.4 is 16.1 Å². The molecule has 26 heavy (non-hydrogen) atoms. The topological polar surface area (TPSA) is 157 Å². The van der Waals surface area contributed by atoms with Crippen LogP contribution >= 0.6 is 21.6 Å². The van der Waals surface area contributed by atoms with Crippen molar-refractivity contribution in [3.05, 3.63) is 10.1 Å². The van der Waals surface area contributed by atoms with Gasteiger partial charge in [-0.3, -0.25) is 10.2 Å². The van der Waals surface area contributed by atoms with Crippen LogP contribution in [-0.4, -0.2) is 51.6 Å². The average molecular weight is 408 g/mol. The van der Waals surface area contributed by atoms with Crippen molar-refractivity contribution in [2.24, 2.45) is 0 Å². The van der Waals surface area contributed by atoms with Crippen LogP contribution in [0.1, 0.15) is 44.9 Å². The Morgan fingerprint density at radius 1 is 1.35 bits per heavy atom. The molecule has 12 heteroatoms. The number of unbranched alkanes of at least 4 members (excludes halogenated alkanes) is 1. The zero-order valence-corrected chi connectivity index (χ0v) is 16.0. The van der Waals surface area contributed by atoms with E-state index in [2.05, 4.69) is 10.6 Å². The van der Waals surface area contributed by atoms with Gasteiger partial charge in [0.05, 0.1) is 0 Å². The van der Waals surface area contributed by atoms with Crippen LogP contribution in [0.5, 0.6) is 0 Å². The minimum atomic E-state index is -1.11. The standard InChI is InChI=1S/C14H25N5O5S2/c15-14(18-19(23)24)16-8-3-5-11(13(21)22)17-12(20)6-2-1-4-10-7-9-25-26-10/h10-11H,1-9H2,(H,17,20)(H,21,22)(H3,15,16,18)/t10?,11-/m0/s1. The summed E-state index contributed by atoms with van der Waals surface area (Å²) in [5, 5.41) is 31.3. The monoisotopic (exact) mass is 407 g/mol. The third-order valence-electron chi connectivity index (χ3n) is 3.71. The smallest absolute Gasteiger partial charge is 0.326 e. The van der Waals surface area contributed by atoms with Crippen LogP contribution in [0.25, 0.3) is 0 Å². The molecule has 0 aromatic heterocycles. The molecule has 1 amide bonds. The fourth-order valence-corrected chi connectivity index (χ4v) is 5.42. The largest absolute Gasteiger partial charge is 0.480 e. The minimum Gasteiger partial charge on any atom is -0.480 e. The molecule has 0 radical (unpaired) electrons. The van der Waals surface area contributed by atoms with Gasteiger partial charge in [-0.1, -0.05) is 33.4 Å². The molecule has 1 heterocycles. The quantitative estimate of drug-likeness (QED) is 0.0804. The van der Waals surface area contributed by atoms with E-state index in [1.807, 2.05) is 21.6 Å². The van der Waals surface area contributed by atoms with Crippen LogP contribution in [0.3, 0.4) is 0 Å². The van der Waals surface area contributed by atoms with E-state index >= 15 is 0 Å². The lowest BCUT2D eigenvalue weighted by atomic mass is 10.1. The maximum atomic E-state index is 11.9. The van der Waals surface area contributed by atoms with Gasteiger partial charge in [-0.15, -0.1) is 0 Å². The van der Waals surface area contributed by atoms with Crippen molar-refractivity contribution in [2.75, 3.05) is 12.3 Å². The number of carboxylic acids is 1. The Morgan fingerprint density at radius 2 is 2.12 bits per heavy atom. The molecule has 1 aliphatic rings. The predicted molar refractivity (Wildman–Crippen MR) is 102 cm³/mol. The van der Waals surface area contributed by atoms with Gasteiger partial charge in [0, 0.05) is 24.0 Å². The Balaban J connectivity index is 2.16. The number of rotatable bonds is 12. The van der Waals surface area contributed by atoms with Crippen LogP contribution in [0, 0.1) is 15.5 Å². The van der Waals surface area contributed by atoms with E-state index < -0.39 is 23.0 Å². The molecule has 2 atom stereocenters. The second kappa shape index (κ2) is 12.6. The van der Waals surface area contributed by atoms with Gasteiger partial charge in [0.15, 0.2) is 5.03 Å². The van der Waals surface area contributed by atoms with Gasteiger partial charge >= 0.3 is 5.97 Å². The van der Waals surface area contributed by atoms with Crippen LogP contribution in [0.15, 0.2) is 0 Å². The molecule has 5 N–H and O–H groups in total. The summed E-state index contributed by atoms with van der Waals surface area (Å²) in [6.07, 6.45) is 4.83. The van der Waals surface area contributed by atoms with Crippen LogP contribution in [0.2, 0.25) is 0 Å². The summed E-state index contributed by atoms with van der Waals surface area (Å²) in [6, 6.07) is -0.997. The van der Waals surface area contributed by atoms with Crippen molar-refractivity contribution < 1.29 is 19.7 Å². The molecule has 1 unspecified atom stereocenters. The van der Waals surface area contributed by atoms with Crippen LogP contribution in [-0.2, 0) is 9.59 Å². The summed E-state index contributed by atoms with van der Waals surface area (Å²) in [4.78, 5) is 33.3. The molecule has 148 valence electrons. The number of hydrogen-bond donors (Lipinski definition) is 5. The third-order valence-corrected chi connectivity index (χ3v) is 6.72. The molecule has 10 nitrogen and oxygen atoms in total. The average Bonchev–Trinajstić information content (AvgIpc) is 3.07. The summed E-state index contributed by atoms with van der Waals surface area (Å²) in [5.41, 5.74) is 1.64. The Hall–Kier alpha value is -1.69. The Bertz CT molecular complexity index is 502. The zero-order chi connectivity index (χ0) is 19.4. The SMILES string of the molecule is N=C(NCCC[C@H](NC(=O)CCCCC1CCSS1)C(=O)O)N[N+](=O)[O-]. The summed E-state index contributed by atoms with van der Waals surface area (Å²) < 4.78 is 0. The first-order valence-electron chi connectivity index (χ1n) is 8.42. The molecule has 0 aliphatic carbocycles. The van der Waals surface area contributed by atoms with E-state index in [1.165, 1.54) is 12.2 Å². The van der Waals surface area contributed by atoms with Gasteiger partial charge in [-0.25, -0.2) is 14.9 Å². The molecule has 1 aliphatic heterocycles. The number of amides is 1. The Morgan fingerprint density at radius 3 is 2.73 bits per heavy atom. The lowest BCUT2D eigenvalue weighted by Gasteiger charge is -2.15. The fourth-order valence-electron chi connectivity index (χ4n) is 2.40. The highest BCUT2D eigenvalue weighted by molar-refractivity contribution is 8.77. The lowest BCUT2D eigenvalue weighted by Crippen LogP contribution is -2.42. The van der Waals surface area contributed by atoms with E-state index in [0.29, 0.717) is 18.1 Å². The van der Waals surface area contributed by atoms with Crippen molar-refractivity contribution in [1.29, 1.82) is 5.41 Å². The molecule has 0 aromatic carbocycles. The summed E-state index contributed by atoms with van der Waals surface area (Å²) in [6.45, 7) is 0.191. The molecule has 0 bridgehead atoms. The Labute approximate surface area is 159 Å². The van der Waals surface area contributed by atoms with Gasteiger partial charge in [-0.2, -0.15) is 0 Å². The highest BCUT2D eigenvalue weighted by atomic mass is 33.1. The number of hydrogen-bond acceptors (Lipinski definition) is 7. The Kier molecular flexibility index (Phi) is 10.9. The predicted octanol–water partition coefficient (Wildman–Crippen LogP) is 1.36. The highest BCUT2D eigenvalue weighted by Crippen LogP contribution is 2.39. The van der Waals surface area contributed by atoms with Crippen molar-refractivity contribution in [1.82, 2.24) is 16.1 Å². The molecule has 1 fully saturated rings. The molecular weight excluding hydrogens is 382 g/mol. The number of aliphatic carboxylic acids is 1. The second-order valence-electron chi connectivity index (χ2n) is 5.85. The van der Waals surface area contributed by atoms with Crippen molar-refractivity contribution in [2.45, 2.75) is 56.2 Å². The molecule has 1 saturated heterocycles. The van der Waals surface area contributed by atoms with Crippen molar-refractivity contribution in [3.8, 4) is 0 Å². The molecule has 0 aromatic rings. The van der Waals surface area contributed by atoms with Gasteiger partial charge in [0.2, 0.25) is 5.91 Å². The van der Waals surface area contributed by atoms with E-state index in [9.17, 15) is 24.8 Å². The fraction of sp³-hybridized carbons (Fsp3) is 0.786. The minimum absolute atomic E-state index is 0.176. The van der Waals surface area contributed by atoms with Crippen molar-refractivity contribution >= 4 is 39.4 Å². The summed E-state index contributed by atoms with van der Waals surface area (Å²) in [5.74, 6) is -0.672. The second-order valence-corrected chi connectivity index (χ2v) is 8.63. The lowest BCUT2D eigenvalue weighted by molar-refractivity contribution is -0.525. The maximum Gasteiger partial charge on any atom is 0.326 e. The van der Waals surface area contributed by atoms with Gasteiger partial charge in [-0.05, 0) is 32.1 Å². The highest BCUT2D eigenvalue weighted by Gasteiger charge is 2.20. The first-order valence-corrected chi connectivity index (χ1v) is 10.8. The summed E-state index contributed by atoms with van der Waals surface area (Å²) >= 11 is 0. The summed E-state index contributed by atoms with van der Waals surface area (Å²) in [7, 11) is 3.80. The first kappa shape index (κ1) is 22.4. The molecule has 0 saturated carbocycles. The van der Waals surface area contributed by atoms with E-state index in [-0.39, 0.29) is 18.9 Å². The zero-order valence-electron chi connectivity index (χ0n) is 14.4. The first-order chi connectivity index (χ1) is 12.4. The number of hydrazine groups is 1. The van der Waals surface area contributed by atoms with Gasteiger partial charge < -0.3 is 15.7 Å². The molecule has 1 rings (SSSR count). The number of nitrogens with zero attached hydrogens (tertiary/aromatic N) is 1. The maximum absolute atomic E-state index is 11.9. The number of carbonyl (C=O) groups is 2. The number of guanidine groups is 1. The van der Waals surface area contributed by atoms with Crippen LogP contribution in [0.4, 0.5) is 0 Å². The van der Waals surface area contributed by atoms with Gasteiger partial charge in [0.1, 0.15) is 6.04 Å². The number of carbonyl (C=O) groups excluding carboxylic acids is 1. The van der Waals surface area contributed by atoms with Crippen molar-refractivity contribution in [3.63, 3.8) is 0 Å². The van der Waals surface area contributed by atoms with Gasteiger partial charge in [0.25, 0.3) is 5.96 Å². The number of nitro groups is 1. The normalized spacial score (nSPS) is 17.3. The number of nitrogens with one attached hydrogen (secondary N) is 4. The van der Waals surface area contributed by atoms with E-state index in [1.54, 1.807) is 5.43 Å². The molecular formula is C14H25N5O5S2.